The minimum Gasteiger partial charge on any atom is -0.378 e. The number of methoxy groups -OCH3 is 1. The van der Waals surface area contributed by atoms with Crippen molar-refractivity contribution in [1.29, 1.82) is 0 Å². The Morgan fingerprint density at radius 1 is 0.828 bits per heavy atom. The Balaban J connectivity index is 2.15. The Bertz CT molecular complexity index is 745. The summed E-state index contributed by atoms with van der Waals surface area (Å²) in [5.74, 6) is -3.57. The first-order chi connectivity index (χ1) is 13.8. The smallest absolute Gasteiger partial charge is 0.194 e. The van der Waals surface area contributed by atoms with Gasteiger partial charge in [-0.05, 0) is 49.1 Å². The maximum absolute atomic E-state index is 13.6. The van der Waals surface area contributed by atoms with E-state index in [1.165, 1.54) is 32.1 Å². The molecule has 0 heterocycles. The lowest BCUT2D eigenvalue weighted by atomic mass is 9.80. The van der Waals surface area contributed by atoms with Gasteiger partial charge in [-0.25, -0.2) is 13.2 Å². The van der Waals surface area contributed by atoms with Crippen LogP contribution in [0.25, 0.3) is 11.1 Å². The third-order valence-corrected chi connectivity index (χ3v) is 5.84. The van der Waals surface area contributed by atoms with Gasteiger partial charge in [0, 0.05) is 13.0 Å². The van der Waals surface area contributed by atoms with Crippen LogP contribution in [0.3, 0.4) is 0 Å². The summed E-state index contributed by atoms with van der Waals surface area (Å²) in [7, 11) is 1.73. The van der Waals surface area contributed by atoms with E-state index in [-0.39, 0.29) is 11.5 Å². The van der Waals surface area contributed by atoms with Crippen LogP contribution >= 0.6 is 0 Å². The van der Waals surface area contributed by atoms with Crippen LogP contribution in [0.15, 0.2) is 36.4 Å². The fraction of sp³-hybridized carbons (Fsp3) is 0.520. The van der Waals surface area contributed by atoms with Crippen LogP contribution in [0.2, 0.25) is 0 Å². The topological polar surface area (TPSA) is 9.23 Å². The van der Waals surface area contributed by atoms with Crippen molar-refractivity contribution in [2.45, 2.75) is 77.2 Å². The van der Waals surface area contributed by atoms with Crippen LogP contribution in [0, 0.1) is 17.5 Å². The monoisotopic (exact) mass is 406 g/mol. The summed E-state index contributed by atoms with van der Waals surface area (Å²) in [6.45, 7) is 6.40. The van der Waals surface area contributed by atoms with Gasteiger partial charge in [-0.1, -0.05) is 69.7 Å². The van der Waals surface area contributed by atoms with Crippen molar-refractivity contribution in [2.75, 3.05) is 7.11 Å². The molecule has 4 heteroatoms. The van der Waals surface area contributed by atoms with Crippen LogP contribution in [-0.2, 0) is 4.74 Å². The molecule has 1 unspecified atom stereocenters. The van der Waals surface area contributed by atoms with Gasteiger partial charge < -0.3 is 4.74 Å². The molecule has 2 rings (SSSR count). The largest absolute Gasteiger partial charge is 0.378 e. The molecule has 29 heavy (non-hydrogen) atoms. The summed E-state index contributed by atoms with van der Waals surface area (Å²) in [6.07, 6.45) is 8.45. The van der Waals surface area contributed by atoms with Crippen LogP contribution in [0.1, 0.15) is 77.2 Å². The maximum Gasteiger partial charge on any atom is 0.194 e. The van der Waals surface area contributed by atoms with Crippen molar-refractivity contribution >= 4 is 0 Å². The van der Waals surface area contributed by atoms with Gasteiger partial charge >= 0.3 is 0 Å². The van der Waals surface area contributed by atoms with Gasteiger partial charge in [-0.3, -0.25) is 0 Å². The first-order valence-corrected chi connectivity index (χ1v) is 10.6. The normalized spacial score (nSPS) is 12.9. The first-order valence-electron chi connectivity index (χ1n) is 10.6. The first kappa shape index (κ1) is 23.5. The third-order valence-electron chi connectivity index (χ3n) is 5.84. The van der Waals surface area contributed by atoms with E-state index in [1.54, 1.807) is 7.11 Å². The summed E-state index contributed by atoms with van der Waals surface area (Å²) < 4.78 is 46.1. The predicted molar refractivity (Wildman–Crippen MR) is 114 cm³/mol. The predicted octanol–water partition coefficient (Wildman–Crippen LogP) is 8.03. The number of benzene rings is 2. The molecule has 0 bridgehead atoms. The molecular formula is C25H33F3O. The standard InChI is InChI=1S/C25H33F3O/c1-5-6-7-8-9-10-11-21(25(2,3)29-4)19-14-12-18(13-15-19)20-16-22(26)24(28)23(27)17-20/h12-17,21H,5-11H2,1-4H3. The number of hydrogen-bond donors (Lipinski definition) is 0. The summed E-state index contributed by atoms with van der Waals surface area (Å²) in [5, 5.41) is 0. The lowest BCUT2D eigenvalue weighted by Crippen LogP contribution is -2.31. The highest BCUT2D eigenvalue weighted by Gasteiger charge is 2.30. The van der Waals surface area contributed by atoms with Gasteiger partial charge in [0.25, 0.3) is 0 Å². The molecule has 0 saturated heterocycles. The number of unbranched alkanes of at least 4 members (excludes halogenated alkanes) is 5. The molecule has 0 aliphatic heterocycles. The molecule has 0 N–H and O–H groups in total. The van der Waals surface area contributed by atoms with Crippen LogP contribution in [0.5, 0.6) is 0 Å². The van der Waals surface area contributed by atoms with E-state index in [4.69, 9.17) is 4.74 Å². The molecule has 0 spiro atoms. The van der Waals surface area contributed by atoms with Gasteiger partial charge in [0.1, 0.15) is 0 Å². The molecular weight excluding hydrogens is 373 g/mol. The van der Waals surface area contributed by atoms with Crippen LogP contribution in [-0.4, -0.2) is 12.7 Å². The van der Waals surface area contributed by atoms with Gasteiger partial charge in [-0.15, -0.1) is 0 Å². The van der Waals surface area contributed by atoms with Crippen molar-refractivity contribution in [3.63, 3.8) is 0 Å². The highest BCUT2D eigenvalue weighted by molar-refractivity contribution is 5.64. The average molecular weight is 407 g/mol. The quantitative estimate of drug-likeness (QED) is 0.271. The fourth-order valence-electron chi connectivity index (χ4n) is 3.82. The molecule has 2 aromatic rings. The zero-order chi connectivity index (χ0) is 21.4. The Hall–Kier alpha value is -1.81. The van der Waals surface area contributed by atoms with E-state index in [2.05, 4.69) is 20.8 Å². The molecule has 1 atom stereocenters. The van der Waals surface area contributed by atoms with Gasteiger partial charge in [0.2, 0.25) is 0 Å². The van der Waals surface area contributed by atoms with Gasteiger partial charge in [0.15, 0.2) is 17.5 Å². The lowest BCUT2D eigenvalue weighted by molar-refractivity contribution is -0.00449. The van der Waals surface area contributed by atoms with E-state index in [1.807, 2.05) is 24.3 Å². The Labute approximate surface area is 173 Å². The van der Waals surface area contributed by atoms with E-state index in [0.29, 0.717) is 11.1 Å². The summed E-state index contributed by atoms with van der Waals surface area (Å²) in [4.78, 5) is 0. The molecule has 0 radical (unpaired) electrons. The molecule has 0 fully saturated rings. The van der Waals surface area contributed by atoms with Crippen LogP contribution in [0.4, 0.5) is 13.2 Å². The zero-order valence-electron chi connectivity index (χ0n) is 18.0. The summed E-state index contributed by atoms with van der Waals surface area (Å²) in [5.41, 5.74) is 1.79. The Morgan fingerprint density at radius 3 is 1.93 bits per heavy atom. The van der Waals surface area contributed by atoms with E-state index in [9.17, 15) is 13.2 Å². The Morgan fingerprint density at radius 2 is 1.38 bits per heavy atom. The second kappa shape index (κ2) is 10.8. The van der Waals surface area contributed by atoms with Crippen molar-refractivity contribution in [1.82, 2.24) is 0 Å². The van der Waals surface area contributed by atoms with Crippen molar-refractivity contribution < 1.29 is 17.9 Å². The fourth-order valence-corrected chi connectivity index (χ4v) is 3.82. The molecule has 0 aliphatic carbocycles. The Kier molecular flexibility index (Phi) is 8.76. The van der Waals surface area contributed by atoms with Crippen LogP contribution < -0.4 is 0 Å². The molecule has 0 saturated carbocycles. The minimum atomic E-state index is -1.44. The van der Waals surface area contributed by atoms with Crippen molar-refractivity contribution in [2.24, 2.45) is 0 Å². The van der Waals surface area contributed by atoms with E-state index >= 15 is 0 Å². The van der Waals surface area contributed by atoms with E-state index < -0.39 is 17.5 Å². The van der Waals surface area contributed by atoms with Crippen molar-refractivity contribution in [3.8, 4) is 11.1 Å². The second-order valence-electron chi connectivity index (χ2n) is 8.29. The molecule has 2 aromatic carbocycles. The zero-order valence-corrected chi connectivity index (χ0v) is 18.0. The highest BCUT2D eigenvalue weighted by Crippen LogP contribution is 2.36. The number of hydrogen-bond acceptors (Lipinski definition) is 1. The molecule has 0 aromatic heterocycles. The summed E-state index contributed by atoms with van der Waals surface area (Å²) >= 11 is 0. The number of rotatable bonds is 11. The highest BCUT2D eigenvalue weighted by atomic mass is 19.2. The maximum atomic E-state index is 13.6. The summed E-state index contributed by atoms with van der Waals surface area (Å²) in [6, 6.07) is 9.69. The minimum absolute atomic E-state index is 0.217. The van der Waals surface area contributed by atoms with E-state index in [0.717, 1.165) is 30.5 Å². The lowest BCUT2D eigenvalue weighted by Gasteiger charge is -2.34. The molecule has 0 amide bonds. The van der Waals surface area contributed by atoms with Gasteiger partial charge in [-0.2, -0.15) is 0 Å². The van der Waals surface area contributed by atoms with Gasteiger partial charge in [0.05, 0.1) is 5.60 Å². The average Bonchev–Trinajstić information content (AvgIpc) is 2.71. The molecule has 160 valence electrons. The molecule has 1 nitrogen and oxygen atoms in total. The molecule has 0 aliphatic rings. The second-order valence-corrected chi connectivity index (χ2v) is 8.29. The third kappa shape index (κ3) is 6.33. The number of halogens is 3. The SMILES string of the molecule is CCCCCCCCC(c1ccc(-c2cc(F)c(F)c(F)c2)cc1)C(C)(C)OC. The number of ether oxygens (including phenoxy) is 1. The van der Waals surface area contributed by atoms with Crippen molar-refractivity contribution in [3.05, 3.63) is 59.4 Å².